The van der Waals surface area contributed by atoms with Crippen molar-refractivity contribution >= 4 is 23.8 Å². The first-order chi connectivity index (χ1) is 17.8. The van der Waals surface area contributed by atoms with Crippen molar-refractivity contribution in [1.29, 1.82) is 0 Å². The summed E-state index contributed by atoms with van der Waals surface area (Å²) in [6.45, 7) is 11.1. The average molecular weight is 529 g/mol. The summed E-state index contributed by atoms with van der Waals surface area (Å²) in [7, 11) is 0. The van der Waals surface area contributed by atoms with E-state index in [0.29, 0.717) is 17.5 Å². The molecule has 0 aliphatic carbocycles. The number of rotatable bonds is 14. The Kier molecular flexibility index (Phi) is 13.4. The molecule has 1 aromatic carbocycles. The minimum absolute atomic E-state index is 0.0474. The number of nitrogens with two attached hydrogens (primary N) is 1. The number of carbonyl (C=O) groups excluding carboxylic acids is 4. The molecule has 0 heterocycles. The van der Waals surface area contributed by atoms with Crippen molar-refractivity contribution in [2.75, 3.05) is 6.54 Å². The molecule has 1 rings (SSSR count). The average Bonchev–Trinajstić information content (AvgIpc) is 2.81. The molecular weight excluding hydrogens is 484 g/mol. The lowest BCUT2D eigenvalue weighted by atomic mass is 9.96. The molecule has 0 fully saturated rings. The van der Waals surface area contributed by atoms with Gasteiger partial charge < -0.3 is 26.0 Å². The highest BCUT2D eigenvalue weighted by molar-refractivity contribution is 5.93. The zero-order chi connectivity index (χ0) is 28.9. The topological polar surface area (TPSA) is 131 Å². The normalized spacial score (nSPS) is 12.7. The Bertz CT molecular complexity index is 993. The fourth-order valence-corrected chi connectivity index (χ4v) is 3.95. The second-order valence-corrected chi connectivity index (χ2v) is 10.6. The predicted molar refractivity (Wildman–Crippen MR) is 148 cm³/mol. The van der Waals surface area contributed by atoms with E-state index in [-0.39, 0.29) is 25.4 Å². The van der Waals surface area contributed by atoms with Crippen LogP contribution in [-0.2, 0) is 19.1 Å². The molecular formula is C29H44N4O5. The largest absolute Gasteiger partial charge is 0.444 e. The number of hydrogen-bond acceptors (Lipinski definition) is 5. The molecule has 0 saturated carbocycles. The summed E-state index contributed by atoms with van der Waals surface area (Å²) in [6, 6.07) is 4.59. The summed E-state index contributed by atoms with van der Waals surface area (Å²) in [5.74, 6) is 1.08. The molecule has 0 aromatic heterocycles. The monoisotopic (exact) mass is 528 g/mol. The van der Waals surface area contributed by atoms with Gasteiger partial charge in [0, 0.05) is 24.6 Å². The van der Waals surface area contributed by atoms with Crippen molar-refractivity contribution in [1.82, 2.24) is 15.5 Å². The van der Waals surface area contributed by atoms with Crippen molar-refractivity contribution in [2.45, 2.75) is 104 Å². The van der Waals surface area contributed by atoms with Gasteiger partial charge in [0.1, 0.15) is 17.7 Å². The summed E-state index contributed by atoms with van der Waals surface area (Å²) >= 11 is 0. The number of amides is 4. The lowest BCUT2D eigenvalue weighted by Crippen LogP contribution is -2.54. The summed E-state index contributed by atoms with van der Waals surface area (Å²) in [5, 5.41) is 5.50. The zero-order valence-corrected chi connectivity index (χ0v) is 23.6. The number of benzene rings is 1. The van der Waals surface area contributed by atoms with Crippen LogP contribution < -0.4 is 16.4 Å². The van der Waals surface area contributed by atoms with Crippen LogP contribution in [0.1, 0.15) is 97.2 Å². The molecule has 9 nitrogen and oxygen atoms in total. The Hall–Kier alpha value is -3.54. The van der Waals surface area contributed by atoms with E-state index in [2.05, 4.69) is 23.5 Å². The first-order valence-corrected chi connectivity index (χ1v) is 13.2. The molecule has 4 N–H and O–H groups in total. The van der Waals surface area contributed by atoms with E-state index < -0.39 is 41.5 Å². The van der Waals surface area contributed by atoms with Gasteiger partial charge in [0.15, 0.2) is 0 Å². The van der Waals surface area contributed by atoms with Crippen LogP contribution >= 0.6 is 0 Å². The maximum Gasteiger partial charge on any atom is 0.408 e. The van der Waals surface area contributed by atoms with Gasteiger partial charge >= 0.3 is 6.09 Å². The van der Waals surface area contributed by atoms with Crippen molar-refractivity contribution in [3.8, 4) is 12.3 Å². The highest BCUT2D eigenvalue weighted by Gasteiger charge is 2.37. The number of hydrogen-bond donors (Lipinski definition) is 3. The molecule has 210 valence electrons. The molecule has 9 heteroatoms. The Morgan fingerprint density at radius 2 is 1.74 bits per heavy atom. The second kappa shape index (κ2) is 15.7. The van der Waals surface area contributed by atoms with Crippen molar-refractivity contribution in [3.63, 3.8) is 0 Å². The minimum Gasteiger partial charge on any atom is -0.444 e. The third kappa shape index (κ3) is 11.2. The highest BCUT2D eigenvalue weighted by atomic mass is 16.6. The number of alkyl carbamates (subject to hydrolysis) is 1. The van der Waals surface area contributed by atoms with Crippen LogP contribution in [0.4, 0.5) is 4.79 Å². The minimum atomic E-state index is -1.14. The van der Waals surface area contributed by atoms with Gasteiger partial charge in [-0.05, 0) is 59.1 Å². The van der Waals surface area contributed by atoms with Gasteiger partial charge in [0.25, 0.3) is 0 Å². The van der Waals surface area contributed by atoms with Crippen molar-refractivity contribution < 1.29 is 23.9 Å². The van der Waals surface area contributed by atoms with Crippen LogP contribution in [0.2, 0.25) is 0 Å². The van der Waals surface area contributed by atoms with Gasteiger partial charge in [-0.3, -0.25) is 14.4 Å². The van der Waals surface area contributed by atoms with E-state index in [1.807, 2.05) is 13.8 Å². The predicted octanol–water partition coefficient (Wildman–Crippen LogP) is 3.80. The zero-order valence-electron chi connectivity index (χ0n) is 23.6. The van der Waals surface area contributed by atoms with Gasteiger partial charge in [0.2, 0.25) is 17.7 Å². The van der Waals surface area contributed by atoms with Gasteiger partial charge in [-0.1, -0.05) is 50.3 Å². The Balaban J connectivity index is 3.58. The quantitative estimate of drug-likeness (QED) is 0.250. The number of nitrogens with zero attached hydrogens (tertiary/aromatic N) is 1. The van der Waals surface area contributed by atoms with E-state index in [4.69, 9.17) is 16.9 Å². The van der Waals surface area contributed by atoms with Gasteiger partial charge in [0.05, 0.1) is 0 Å². The van der Waals surface area contributed by atoms with E-state index >= 15 is 0 Å². The number of primary amides is 1. The van der Waals surface area contributed by atoms with Gasteiger partial charge in [-0.15, -0.1) is 6.42 Å². The SMILES string of the molecule is C#Cc1ccccc1C(C(=O)NC(C)C)N(CCCCCC)C(=O)C(CCC(N)=O)NC(=O)OC(C)(C)C. The molecule has 0 aliphatic rings. The van der Waals surface area contributed by atoms with Gasteiger partial charge in [-0.25, -0.2) is 4.79 Å². The molecule has 2 atom stereocenters. The lowest BCUT2D eigenvalue weighted by molar-refractivity contribution is -0.143. The summed E-state index contributed by atoms with van der Waals surface area (Å²) in [4.78, 5) is 53.4. The standard InChI is InChI=1S/C29H44N4O5/c1-8-10-11-14-19-33(25(26(35)31-20(3)4)22-16-13-12-15-21(22)9-2)27(36)23(17-18-24(30)34)32-28(37)38-29(5,6)7/h2,12-13,15-16,20,23,25H,8,10-11,14,17-19H2,1,3-7H3,(H2,30,34)(H,31,35)(H,32,37). The lowest BCUT2D eigenvalue weighted by Gasteiger charge is -2.35. The first kappa shape index (κ1) is 32.5. The summed E-state index contributed by atoms with van der Waals surface area (Å²) in [5.41, 5.74) is 5.55. The summed E-state index contributed by atoms with van der Waals surface area (Å²) < 4.78 is 5.36. The number of unbranched alkanes of at least 4 members (excludes halogenated alkanes) is 3. The molecule has 4 amide bonds. The van der Waals surface area contributed by atoms with Crippen LogP contribution in [0.3, 0.4) is 0 Å². The van der Waals surface area contributed by atoms with E-state index in [1.165, 1.54) is 4.90 Å². The maximum absolute atomic E-state index is 14.1. The van der Waals surface area contributed by atoms with Crippen LogP contribution in [0.25, 0.3) is 0 Å². The number of terminal acetylenes is 1. The Morgan fingerprint density at radius 1 is 1.08 bits per heavy atom. The van der Waals surface area contributed by atoms with E-state index in [9.17, 15) is 19.2 Å². The van der Waals surface area contributed by atoms with Crippen molar-refractivity contribution in [3.05, 3.63) is 35.4 Å². The maximum atomic E-state index is 14.1. The van der Waals surface area contributed by atoms with Crippen LogP contribution in [0.15, 0.2) is 24.3 Å². The second-order valence-electron chi connectivity index (χ2n) is 10.6. The number of nitrogens with one attached hydrogen (secondary N) is 2. The van der Waals surface area contributed by atoms with Crippen LogP contribution in [0, 0.1) is 12.3 Å². The van der Waals surface area contributed by atoms with E-state index in [1.54, 1.807) is 45.0 Å². The first-order valence-electron chi connectivity index (χ1n) is 13.2. The highest BCUT2D eigenvalue weighted by Crippen LogP contribution is 2.27. The van der Waals surface area contributed by atoms with Gasteiger partial charge in [-0.2, -0.15) is 0 Å². The summed E-state index contributed by atoms with van der Waals surface area (Å²) in [6.07, 6.45) is 8.21. The third-order valence-electron chi connectivity index (χ3n) is 5.61. The van der Waals surface area contributed by atoms with Crippen LogP contribution in [-0.4, -0.2) is 52.9 Å². The molecule has 2 unspecified atom stereocenters. The molecule has 38 heavy (non-hydrogen) atoms. The smallest absolute Gasteiger partial charge is 0.408 e. The van der Waals surface area contributed by atoms with E-state index in [0.717, 1.165) is 19.3 Å². The Morgan fingerprint density at radius 3 is 2.29 bits per heavy atom. The molecule has 1 aromatic rings. The molecule has 0 radical (unpaired) electrons. The fraction of sp³-hybridized carbons (Fsp3) is 0.586. The number of ether oxygens (including phenoxy) is 1. The van der Waals surface area contributed by atoms with Crippen molar-refractivity contribution in [2.24, 2.45) is 5.73 Å². The molecule has 0 bridgehead atoms. The molecule has 0 aliphatic heterocycles. The van der Waals surface area contributed by atoms with Crippen LogP contribution in [0.5, 0.6) is 0 Å². The number of carbonyl (C=O) groups is 4. The molecule has 0 saturated heterocycles. The fourth-order valence-electron chi connectivity index (χ4n) is 3.95. The molecule has 0 spiro atoms. The Labute approximate surface area is 227 Å². The third-order valence-corrected chi connectivity index (χ3v) is 5.61.